The van der Waals surface area contributed by atoms with Crippen LogP contribution in [0.25, 0.3) is 0 Å². The van der Waals surface area contributed by atoms with E-state index in [1.54, 1.807) is 0 Å². The maximum absolute atomic E-state index is 13.2. The van der Waals surface area contributed by atoms with Gasteiger partial charge in [0.05, 0.1) is 16.8 Å². The molecule has 0 saturated carbocycles. The van der Waals surface area contributed by atoms with Crippen molar-refractivity contribution in [1.29, 1.82) is 0 Å². The van der Waals surface area contributed by atoms with Crippen LogP contribution in [0.3, 0.4) is 0 Å². The minimum Gasteiger partial charge on any atom is -0.396 e. The van der Waals surface area contributed by atoms with Crippen molar-refractivity contribution in [3.63, 3.8) is 0 Å². The van der Waals surface area contributed by atoms with Gasteiger partial charge < -0.3 is 21.7 Å². The van der Waals surface area contributed by atoms with Crippen LogP contribution >= 0.6 is 11.6 Å². The van der Waals surface area contributed by atoms with Crippen LogP contribution in [0.1, 0.15) is 11.7 Å². The molecule has 0 saturated heterocycles. The Kier molecular flexibility index (Phi) is 3.87. The van der Waals surface area contributed by atoms with Gasteiger partial charge in [-0.2, -0.15) is 0 Å². The van der Waals surface area contributed by atoms with Crippen LogP contribution in [-0.2, 0) is 0 Å². The van der Waals surface area contributed by atoms with E-state index in [0.29, 0.717) is 0 Å². The quantitative estimate of drug-likeness (QED) is 0.570. The number of anilines is 1. The first kappa shape index (κ1) is 12.2. The summed E-state index contributed by atoms with van der Waals surface area (Å²) in [6.45, 7) is -0.149. The van der Waals surface area contributed by atoms with Crippen LogP contribution in [-0.4, -0.2) is 22.9 Å². The smallest absolute Gasteiger partial charge is 0.165 e. The second kappa shape index (κ2) is 4.76. The van der Waals surface area contributed by atoms with Crippen LogP contribution in [0.5, 0.6) is 0 Å². The van der Waals surface area contributed by atoms with E-state index in [1.807, 2.05) is 0 Å². The second-order valence-corrected chi connectivity index (χ2v) is 3.50. The van der Waals surface area contributed by atoms with Crippen molar-refractivity contribution >= 4 is 17.3 Å². The Balaban J connectivity index is 3.10. The SMILES string of the molecule is NCC(O)C(O)c1ccc(N)c(F)c1Cl. The predicted octanol–water partition coefficient (Wildman–Crippen LogP) is 0.414. The Bertz CT molecular complexity index is 362. The molecule has 0 aliphatic heterocycles. The molecule has 4 nitrogen and oxygen atoms in total. The standard InChI is InChI=1S/C9H12ClFN2O2/c10-7-4(9(15)6(14)3-12)1-2-5(13)8(7)11/h1-2,6,9,14-15H,3,12-13H2. The Hall–Kier alpha value is -0.880. The van der Waals surface area contributed by atoms with Gasteiger partial charge >= 0.3 is 0 Å². The van der Waals surface area contributed by atoms with Gasteiger partial charge in [-0.3, -0.25) is 0 Å². The summed E-state index contributed by atoms with van der Waals surface area (Å²) >= 11 is 5.63. The molecule has 0 aliphatic rings. The summed E-state index contributed by atoms with van der Waals surface area (Å²) in [6, 6.07) is 2.62. The molecule has 0 aromatic heterocycles. The lowest BCUT2D eigenvalue weighted by Crippen LogP contribution is -2.27. The van der Waals surface area contributed by atoms with Gasteiger partial charge in [0.25, 0.3) is 0 Å². The van der Waals surface area contributed by atoms with Gasteiger partial charge in [0.2, 0.25) is 0 Å². The van der Waals surface area contributed by atoms with Gasteiger partial charge in [0, 0.05) is 12.1 Å². The molecule has 0 amide bonds. The highest BCUT2D eigenvalue weighted by atomic mass is 35.5. The van der Waals surface area contributed by atoms with Crippen molar-refractivity contribution in [2.24, 2.45) is 5.73 Å². The molecule has 84 valence electrons. The maximum atomic E-state index is 13.2. The summed E-state index contributed by atoms with van der Waals surface area (Å²) in [5.41, 5.74) is 10.4. The number of halogens is 2. The molecule has 2 unspecified atom stereocenters. The molecule has 6 N–H and O–H groups in total. The van der Waals surface area contributed by atoms with Gasteiger partial charge in [-0.25, -0.2) is 4.39 Å². The third-order valence-corrected chi connectivity index (χ3v) is 2.45. The summed E-state index contributed by atoms with van der Waals surface area (Å²) in [5.74, 6) is -0.808. The highest BCUT2D eigenvalue weighted by Crippen LogP contribution is 2.30. The fourth-order valence-electron chi connectivity index (χ4n) is 1.14. The van der Waals surface area contributed by atoms with E-state index in [-0.39, 0.29) is 22.8 Å². The lowest BCUT2D eigenvalue weighted by molar-refractivity contribution is 0.0242. The number of hydrogen-bond acceptors (Lipinski definition) is 4. The van der Waals surface area contributed by atoms with Crippen molar-refractivity contribution < 1.29 is 14.6 Å². The summed E-state index contributed by atoms with van der Waals surface area (Å²) in [5, 5.41) is 18.5. The van der Waals surface area contributed by atoms with Gasteiger partial charge in [-0.15, -0.1) is 0 Å². The minimum absolute atomic E-state index is 0.0707. The molecule has 6 heteroatoms. The normalized spacial score (nSPS) is 15.0. The van der Waals surface area contributed by atoms with E-state index in [1.165, 1.54) is 12.1 Å². The molecular formula is C9H12ClFN2O2. The second-order valence-electron chi connectivity index (χ2n) is 3.12. The van der Waals surface area contributed by atoms with Crippen molar-refractivity contribution in [2.75, 3.05) is 12.3 Å². The summed E-state index contributed by atoms with van der Waals surface area (Å²) in [6.07, 6.45) is -2.51. The van der Waals surface area contributed by atoms with Crippen LogP contribution in [0.4, 0.5) is 10.1 Å². The highest BCUT2D eigenvalue weighted by Gasteiger charge is 2.21. The molecule has 0 fully saturated rings. The Labute approximate surface area is 91.3 Å². The van der Waals surface area contributed by atoms with Crippen LogP contribution in [0.2, 0.25) is 5.02 Å². The van der Waals surface area contributed by atoms with Crippen molar-refractivity contribution in [2.45, 2.75) is 12.2 Å². The molecule has 2 atom stereocenters. The molecule has 0 heterocycles. The Morgan fingerprint density at radius 1 is 1.40 bits per heavy atom. The third-order valence-electron chi connectivity index (χ3n) is 2.07. The fourth-order valence-corrected chi connectivity index (χ4v) is 1.43. The number of nitrogen functional groups attached to an aromatic ring is 1. The zero-order valence-electron chi connectivity index (χ0n) is 7.82. The Morgan fingerprint density at radius 3 is 2.53 bits per heavy atom. The first-order valence-electron chi connectivity index (χ1n) is 4.28. The lowest BCUT2D eigenvalue weighted by Gasteiger charge is -2.18. The molecule has 1 aromatic rings. The predicted molar refractivity (Wildman–Crippen MR) is 55.8 cm³/mol. The van der Waals surface area contributed by atoms with E-state index in [9.17, 15) is 14.6 Å². The number of aliphatic hydroxyl groups excluding tert-OH is 2. The van der Waals surface area contributed by atoms with Gasteiger partial charge in [0.1, 0.15) is 6.10 Å². The van der Waals surface area contributed by atoms with E-state index in [0.717, 1.165) is 0 Å². The van der Waals surface area contributed by atoms with E-state index in [4.69, 9.17) is 23.1 Å². The van der Waals surface area contributed by atoms with Crippen molar-refractivity contribution in [3.05, 3.63) is 28.5 Å². The largest absolute Gasteiger partial charge is 0.396 e. The first-order chi connectivity index (χ1) is 6.99. The van der Waals surface area contributed by atoms with Crippen molar-refractivity contribution in [3.8, 4) is 0 Å². The van der Waals surface area contributed by atoms with Crippen LogP contribution < -0.4 is 11.5 Å². The number of benzene rings is 1. The first-order valence-corrected chi connectivity index (χ1v) is 4.66. The zero-order valence-corrected chi connectivity index (χ0v) is 8.58. The average Bonchev–Trinajstić information content (AvgIpc) is 2.24. The molecule has 0 bridgehead atoms. The number of rotatable bonds is 3. The lowest BCUT2D eigenvalue weighted by atomic mass is 10.0. The number of hydrogen-bond donors (Lipinski definition) is 4. The molecule has 1 rings (SSSR count). The molecule has 0 radical (unpaired) electrons. The van der Waals surface area contributed by atoms with Gasteiger partial charge in [-0.05, 0) is 6.07 Å². The third kappa shape index (κ3) is 2.38. The number of aliphatic hydroxyl groups is 2. The van der Waals surface area contributed by atoms with Crippen LogP contribution in [0.15, 0.2) is 12.1 Å². The van der Waals surface area contributed by atoms with Gasteiger partial charge in [0.15, 0.2) is 5.82 Å². The highest BCUT2D eigenvalue weighted by molar-refractivity contribution is 6.31. The Morgan fingerprint density at radius 2 is 2.00 bits per heavy atom. The van der Waals surface area contributed by atoms with Crippen LogP contribution in [0, 0.1) is 5.82 Å². The molecular weight excluding hydrogens is 223 g/mol. The summed E-state index contributed by atoms with van der Waals surface area (Å²) in [7, 11) is 0. The topological polar surface area (TPSA) is 92.5 Å². The molecule has 1 aromatic carbocycles. The zero-order chi connectivity index (χ0) is 11.6. The minimum atomic E-state index is -1.32. The van der Waals surface area contributed by atoms with E-state index < -0.39 is 18.0 Å². The average molecular weight is 235 g/mol. The maximum Gasteiger partial charge on any atom is 0.165 e. The molecule has 15 heavy (non-hydrogen) atoms. The monoisotopic (exact) mass is 234 g/mol. The summed E-state index contributed by atoms with van der Waals surface area (Å²) < 4.78 is 13.2. The van der Waals surface area contributed by atoms with E-state index >= 15 is 0 Å². The molecule has 0 spiro atoms. The number of nitrogens with two attached hydrogens (primary N) is 2. The fraction of sp³-hybridized carbons (Fsp3) is 0.333. The molecule has 0 aliphatic carbocycles. The van der Waals surface area contributed by atoms with Crippen molar-refractivity contribution in [1.82, 2.24) is 0 Å². The van der Waals surface area contributed by atoms with Gasteiger partial charge in [-0.1, -0.05) is 17.7 Å². The summed E-state index contributed by atoms with van der Waals surface area (Å²) in [4.78, 5) is 0. The van der Waals surface area contributed by atoms with E-state index in [2.05, 4.69) is 0 Å².